The van der Waals surface area contributed by atoms with E-state index >= 15 is 0 Å². The fourth-order valence-corrected chi connectivity index (χ4v) is 2.19. The van der Waals surface area contributed by atoms with Crippen molar-refractivity contribution in [2.75, 3.05) is 12.4 Å². The quantitative estimate of drug-likeness (QED) is 0.815. The van der Waals surface area contributed by atoms with Crippen LogP contribution in [0.2, 0.25) is 5.02 Å². The van der Waals surface area contributed by atoms with E-state index in [9.17, 15) is 9.90 Å². The highest BCUT2D eigenvalue weighted by Gasteiger charge is 2.14. The molecule has 0 fully saturated rings. The molecule has 0 atom stereocenters. The van der Waals surface area contributed by atoms with Gasteiger partial charge in [0.25, 0.3) is 5.91 Å². The molecule has 0 radical (unpaired) electrons. The molecular weight excluding hydrogens is 346 g/mol. The van der Waals surface area contributed by atoms with Gasteiger partial charge in [0.2, 0.25) is 0 Å². The number of phenolic OH excluding ortho intramolecular Hbond substituents is 1. The van der Waals surface area contributed by atoms with Crippen molar-refractivity contribution in [3.8, 4) is 11.5 Å². The number of ether oxygens (including phenoxy) is 1. The number of hydrogen-bond acceptors (Lipinski definition) is 3. The van der Waals surface area contributed by atoms with Crippen molar-refractivity contribution in [1.82, 2.24) is 0 Å². The van der Waals surface area contributed by atoms with Crippen LogP contribution in [-0.2, 0) is 0 Å². The number of nitrogens with one attached hydrogen (secondary N) is 1. The van der Waals surface area contributed by atoms with E-state index in [1.54, 1.807) is 24.3 Å². The molecule has 6 heteroatoms. The maximum absolute atomic E-state index is 12.2. The third kappa shape index (κ3) is 3.23. The fourth-order valence-electron chi connectivity index (χ4n) is 1.66. The first-order chi connectivity index (χ1) is 9.51. The summed E-state index contributed by atoms with van der Waals surface area (Å²) in [4.78, 5) is 12.2. The predicted octanol–water partition coefficient (Wildman–Crippen LogP) is 4.07. The SMILES string of the molecule is COc1ccc(Cl)cc1C(=O)Nc1cc(Br)ccc1O. The highest BCUT2D eigenvalue weighted by molar-refractivity contribution is 9.10. The van der Waals surface area contributed by atoms with Crippen LogP contribution < -0.4 is 10.1 Å². The average molecular weight is 357 g/mol. The van der Waals surface area contributed by atoms with Gasteiger partial charge in [0.1, 0.15) is 11.5 Å². The summed E-state index contributed by atoms with van der Waals surface area (Å²) in [5.74, 6) is -0.0401. The average Bonchev–Trinajstić information content (AvgIpc) is 2.42. The number of aromatic hydroxyl groups is 1. The minimum absolute atomic E-state index is 0.0254. The molecule has 0 aliphatic carbocycles. The van der Waals surface area contributed by atoms with Gasteiger partial charge < -0.3 is 15.2 Å². The normalized spacial score (nSPS) is 10.2. The zero-order valence-electron chi connectivity index (χ0n) is 10.5. The summed E-state index contributed by atoms with van der Waals surface area (Å²) in [5.41, 5.74) is 0.589. The van der Waals surface area contributed by atoms with Crippen LogP contribution in [0.15, 0.2) is 40.9 Å². The van der Waals surface area contributed by atoms with Crippen molar-refractivity contribution in [2.24, 2.45) is 0 Å². The summed E-state index contributed by atoms with van der Waals surface area (Å²) in [5, 5.41) is 12.8. The van der Waals surface area contributed by atoms with Crippen LogP contribution in [0.4, 0.5) is 5.69 Å². The monoisotopic (exact) mass is 355 g/mol. The van der Waals surface area contributed by atoms with E-state index in [1.807, 2.05) is 0 Å². The van der Waals surface area contributed by atoms with Crippen LogP contribution in [0.3, 0.4) is 0 Å². The van der Waals surface area contributed by atoms with Crippen LogP contribution >= 0.6 is 27.5 Å². The molecule has 0 saturated carbocycles. The standard InChI is InChI=1S/C14H11BrClNO3/c1-20-13-5-3-9(16)7-10(13)14(19)17-11-6-8(15)2-4-12(11)18/h2-7,18H,1H3,(H,17,19). The van der Waals surface area contributed by atoms with Crippen LogP contribution in [0, 0.1) is 0 Å². The summed E-state index contributed by atoms with van der Waals surface area (Å²) in [7, 11) is 1.47. The topological polar surface area (TPSA) is 58.6 Å². The van der Waals surface area contributed by atoms with E-state index in [-0.39, 0.29) is 5.75 Å². The van der Waals surface area contributed by atoms with Gasteiger partial charge in [-0.25, -0.2) is 0 Å². The number of methoxy groups -OCH3 is 1. The molecule has 0 aliphatic rings. The minimum atomic E-state index is -0.419. The van der Waals surface area contributed by atoms with Gasteiger partial charge in [-0.1, -0.05) is 27.5 Å². The molecule has 2 rings (SSSR count). The van der Waals surface area contributed by atoms with Crippen molar-refractivity contribution >= 4 is 39.1 Å². The van der Waals surface area contributed by atoms with Crippen LogP contribution in [0.25, 0.3) is 0 Å². The van der Waals surface area contributed by atoms with Gasteiger partial charge in [0, 0.05) is 9.50 Å². The number of phenols is 1. The molecule has 0 saturated heterocycles. The van der Waals surface area contributed by atoms with Gasteiger partial charge in [0.15, 0.2) is 0 Å². The van der Waals surface area contributed by atoms with Crippen molar-refractivity contribution in [1.29, 1.82) is 0 Å². The van der Waals surface area contributed by atoms with E-state index in [2.05, 4.69) is 21.2 Å². The molecular formula is C14H11BrClNO3. The summed E-state index contributed by atoms with van der Waals surface area (Å²) in [6.07, 6.45) is 0. The summed E-state index contributed by atoms with van der Waals surface area (Å²) in [6.45, 7) is 0. The summed E-state index contributed by atoms with van der Waals surface area (Å²) in [6, 6.07) is 9.50. The van der Waals surface area contributed by atoms with Crippen molar-refractivity contribution in [3.63, 3.8) is 0 Å². The molecule has 0 spiro atoms. The Morgan fingerprint density at radius 3 is 2.75 bits per heavy atom. The first-order valence-corrected chi connectivity index (χ1v) is 6.82. The highest BCUT2D eigenvalue weighted by Crippen LogP contribution is 2.29. The lowest BCUT2D eigenvalue weighted by Crippen LogP contribution is -2.13. The third-order valence-corrected chi connectivity index (χ3v) is 3.34. The molecule has 0 heterocycles. The van der Waals surface area contributed by atoms with E-state index in [4.69, 9.17) is 16.3 Å². The van der Waals surface area contributed by atoms with Gasteiger partial charge in [-0.15, -0.1) is 0 Å². The molecule has 0 bridgehead atoms. The molecule has 104 valence electrons. The number of rotatable bonds is 3. The van der Waals surface area contributed by atoms with E-state index in [1.165, 1.54) is 19.2 Å². The molecule has 4 nitrogen and oxygen atoms in total. The van der Waals surface area contributed by atoms with Gasteiger partial charge in [-0.3, -0.25) is 4.79 Å². The Kier molecular flexibility index (Phi) is 4.52. The Hall–Kier alpha value is -1.72. The molecule has 2 aromatic carbocycles. The second kappa shape index (κ2) is 6.15. The van der Waals surface area contributed by atoms with Crippen LogP contribution in [0.5, 0.6) is 11.5 Å². The Bertz CT molecular complexity index is 661. The Balaban J connectivity index is 2.32. The summed E-state index contributed by atoms with van der Waals surface area (Å²) >= 11 is 9.16. The second-order valence-corrected chi connectivity index (χ2v) is 5.31. The molecule has 2 aromatic rings. The number of halogens is 2. The smallest absolute Gasteiger partial charge is 0.259 e. The van der Waals surface area contributed by atoms with Crippen LogP contribution in [0.1, 0.15) is 10.4 Å². The second-order valence-electron chi connectivity index (χ2n) is 3.96. The number of carbonyl (C=O) groups is 1. The van der Waals surface area contributed by atoms with E-state index in [0.29, 0.717) is 22.0 Å². The van der Waals surface area contributed by atoms with Crippen LogP contribution in [-0.4, -0.2) is 18.1 Å². The molecule has 20 heavy (non-hydrogen) atoms. The predicted molar refractivity (Wildman–Crippen MR) is 81.8 cm³/mol. The highest BCUT2D eigenvalue weighted by atomic mass is 79.9. The zero-order chi connectivity index (χ0) is 14.7. The van der Waals surface area contributed by atoms with Gasteiger partial charge in [-0.05, 0) is 36.4 Å². The Morgan fingerprint density at radius 2 is 2.05 bits per heavy atom. The molecule has 1 amide bonds. The van der Waals surface area contributed by atoms with Crippen molar-refractivity contribution in [3.05, 3.63) is 51.5 Å². The molecule has 0 unspecified atom stereocenters. The van der Waals surface area contributed by atoms with Crippen molar-refractivity contribution < 1.29 is 14.6 Å². The first kappa shape index (κ1) is 14.7. The molecule has 0 aliphatic heterocycles. The zero-order valence-corrected chi connectivity index (χ0v) is 12.8. The maximum Gasteiger partial charge on any atom is 0.259 e. The number of anilines is 1. The fraction of sp³-hybridized carbons (Fsp3) is 0.0714. The number of benzene rings is 2. The van der Waals surface area contributed by atoms with Gasteiger partial charge >= 0.3 is 0 Å². The Morgan fingerprint density at radius 1 is 1.30 bits per heavy atom. The molecule has 2 N–H and O–H groups in total. The van der Waals surface area contributed by atoms with Gasteiger partial charge in [-0.2, -0.15) is 0 Å². The maximum atomic E-state index is 12.2. The number of carbonyl (C=O) groups excluding carboxylic acids is 1. The number of hydrogen-bond donors (Lipinski definition) is 2. The van der Waals surface area contributed by atoms with Crippen molar-refractivity contribution in [2.45, 2.75) is 0 Å². The lowest BCUT2D eigenvalue weighted by Gasteiger charge is -2.11. The Labute approximate surface area is 129 Å². The largest absolute Gasteiger partial charge is 0.506 e. The summed E-state index contributed by atoms with van der Waals surface area (Å²) < 4.78 is 5.86. The first-order valence-electron chi connectivity index (χ1n) is 5.64. The third-order valence-electron chi connectivity index (χ3n) is 2.61. The van der Waals surface area contributed by atoms with E-state index < -0.39 is 5.91 Å². The number of amides is 1. The van der Waals surface area contributed by atoms with Gasteiger partial charge in [0.05, 0.1) is 18.4 Å². The lowest BCUT2D eigenvalue weighted by molar-refractivity contribution is 0.102. The van der Waals surface area contributed by atoms with E-state index in [0.717, 1.165) is 4.47 Å². The lowest BCUT2D eigenvalue weighted by atomic mass is 10.1. The minimum Gasteiger partial charge on any atom is -0.506 e. The molecule has 0 aromatic heterocycles.